The second-order valence-electron chi connectivity index (χ2n) is 3.94. The molecule has 19 heavy (non-hydrogen) atoms. The fourth-order valence-electron chi connectivity index (χ4n) is 1.85. The number of fused-ring (bicyclic) bond motifs is 1. The first-order valence-electron chi connectivity index (χ1n) is 5.72. The molecule has 0 spiro atoms. The van der Waals surface area contributed by atoms with Crippen LogP contribution in [0.4, 0.5) is 0 Å². The maximum atomic E-state index is 12.1. The number of aromatic amines is 1. The van der Waals surface area contributed by atoms with Crippen molar-refractivity contribution in [3.8, 4) is 0 Å². The number of carbonyl (C=O) groups excluding carboxylic acids is 1. The molecule has 1 aliphatic rings. The van der Waals surface area contributed by atoms with Crippen molar-refractivity contribution in [3.05, 3.63) is 40.3 Å². The monoisotopic (exact) mass is 274 g/mol. The van der Waals surface area contributed by atoms with Gasteiger partial charge in [0, 0.05) is 11.1 Å². The summed E-state index contributed by atoms with van der Waals surface area (Å²) in [4.78, 5) is 27.9. The van der Waals surface area contributed by atoms with Gasteiger partial charge in [-0.15, -0.1) is 0 Å². The van der Waals surface area contributed by atoms with Crippen molar-refractivity contribution in [2.75, 3.05) is 12.3 Å². The Morgan fingerprint density at radius 2 is 2.11 bits per heavy atom. The molecule has 2 heterocycles. The van der Waals surface area contributed by atoms with E-state index in [0.717, 1.165) is 5.75 Å². The predicted molar refractivity (Wildman–Crippen MR) is 74.6 cm³/mol. The Morgan fingerprint density at radius 3 is 2.84 bits per heavy atom. The third kappa shape index (κ3) is 2.24. The minimum atomic E-state index is -0.361. The molecule has 1 amide bonds. The molecule has 1 aliphatic heterocycles. The second-order valence-corrected chi connectivity index (χ2v) is 5.02. The first kappa shape index (κ1) is 11.9. The first-order chi connectivity index (χ1) is 9.25. The van der Waals surface area contributed by atoms with Gasteiger partial charge in [-0.2, -0.15) is 5.10 Å². The zero-order valence-corrected chi connectivity index (χ0v) is 10.7. The third-order valence-electron chi connectivity index (χ3n) is 2.72. The second kappa shape index (κ2) is 4.85. The van der Waals surface area contributed by atoms with Crippen molar-refractivity contribution in [3.63, 3.8) is 0 Å². The molecule has 0 unspecified atom stereocenters. The van der Waals surface area contributed by atoms with Crippen LogP contribution in [-0.2, 0) is 0 Å². The van der Waals surface area contributed by atoms with Gasteiger partial charge in [0.05, 0.1) is 11.9 Å². The van der Waals surface area contributed by atoms with Gasteiger partial charge in [0.2, 0.25) is 0 Å². The summed E-state index contributed by atoms with van der Waals surface area (Å²) in [6, 6.07) is 6.88. The van der Waals surface area contributed by atoms with E-state index in [1.165, 1.54) is 11.8 Å². The predicted octanol–water partition coefficient (Wildman–Crippen LogP) is 0.756. The van der Waals surface area contributed by atoms with Crippen LogP contribution in [0.3, 0.4) is 0 Å². The van der Waals surface area contributed by atoms with Gasteiger partial charge >= 0.3 is 0 Å². The van der Waals surface area contributed by atoms with E-state index in [-0.39, 0.29) is 17.2 Å². The van der Waals surface area contributed by atoms with Crippen molar-refractivity contribution in [2.45, 2.75) is 0 Å². The van der Waals surface area contributed by atoms with Crippen LogP contribution in [0.15, 0.2) is 34.1 Å². The summed E-state index contributed by atoms with van der Waals surface area (Å²) >= 11 is 1.49. The van der Waals surface area contributed by atoms with E-state index in [4.69, 9.17) is 0 Å². The molecule has 6 nitrogen and oxygen atoms in total. The van der Waals surface area contributed by atoms with Gasteiger partial charge < -0.3 is 0 Å². The highest BCUT2D eigenvalue weighted by Crippen LogP contribution is 2.14. The topological polar surface area (TPSA) is 87.2 Å². The van der Waals surface area contributed by atoms with E-state index in [9.17, 15) is 9.59 Å². The van der Waals surface area contributed by atoms with E-state index in [1.54, 1.807) is 24.3 Å². The number of thioether (sulfide) groups is 1. The molecular weight excluding hydrogens is 264 g/mol. The van der Waals surface area contributed by atoms with Gasteiger partial charge in [-0.25, -0.2) is 5.10 Å². The molecule has 96 valence electrons. The van der Waals surface area contributed by atoms with Crippen LogP contribution in [0.1, 0.15) is 10.5 Å². The summed E-state index contributed by atoms with van der Waals surface area (Å²) in [6.45, 7) is 0.708. The first-order valence-corrected chi connectivity index (χ1v) is 6.70. The third-order valence-corrected chi connectivity index (χ3v) is 3.61. The highest BCUT2D eigenvalue weighted by atomic mass is 32.2. The lowest BCUT2D eigenvalue weighted by atomic mass is 10.1. The van der Waals surface area contributed by atoms with Crippen molar-refractivity contribution in [1.29, 1.82) is 0 Å². The lowest BCUT2D eigenvalue weighted by Crippen LogP contribution is -2.29. The number of H-pyrrole nitrogens is 1. The van der Waals surface area contributed by atoms with Crippen LogP contribution < -0.4 is 10.9 Å². The van der Waals surface area contributed by atoms with Crippen LogP contribution in [0.2, 0.25) is 0 Å². The summed E-state index contributed by atoms with van der Waals surface area (Å²) in [5.74, 6) is 0.510. The number of nitrogens with zero attached hydrogens (tertiary/aromatic N) is 2. The summed E-state index contributed by atoms with van der Waals surface area (Å²) in [5, 5.41) is 10.4. The average Bonchev–Trinajstić information content (AvgIpc) is 2.92. The van der Waals surface area contributed by atoms with Crippen molar-refractivity contribution in [1.82, 2.24) is 15.5 Å². The van der Waals surface area contributed by atoms with Crippen LogP contribution >= 0.6 is 11.8 Å². The quantitative estimate of drug-likeness (QED) is 0.803. The zero-order chi connectivity index (χ0) is 13.2. The Hall–Kier alpha value is -2.15. The highest BCUT2D eigenvalue weighted by molar-refractivity contribution is 8.14. The Labute approximate surface area is 112 Å². The van der Waals surface area contributed by atoms with E-state index >= 15 is 0 Å². The molecule has 3 rings (SSSR count). The molecule has 0 radical (unpaired) electrons. The molecule has 0 fully saturated rings. The van der Waals surface area contributed by atoms with E-state index < -0.39 is 0 Å². The molecule has 0 atom stereocenters. The fourth-order valence-corrected chi connectivity index (χ4v) is 2.58. The number of nitrogens with one attached hydrogen (secondary N) is 2. The Balaban J connectivity index is 2.03. The average molecular weight is 274 g/mol. The van der Waals surface area contributed by atoms with E-state index in [0.29, 0.717) is 22.5 Å². The van der Waals surface area contributed by atoms with E-state index in [1.807, 2.05) is 0 Å². The van der Waals surface area contributed by atoms with Crippen LogP contribution in [0, 0.1) is 0 Å². The maximum Gasteiger partial charge on any atom is 0.278 e. The number of aliphatic imine (C=N–C) groups is 1. The van der Waals surface area contributed by atoms with Crippen molar-refractivity contribution < 1.29 is 4.79 Å². The van der Waals surface area contributed by atoms with Crippen molar-refractivity contribution in [2.24, 2.45) is 4.99 Å². The molecule has 0 saturated heterocycles. The molecule has 1 aromatic carbocycles. The Bertz CT molecular complexity index is 738. The maximum absolute atomic E-state index is 12.1. The molecule has 0 aliphatic carbocycles. The number of amidine groups is 1. The summed E-state index contributed by atoms with van der Waals surface area (Å²) in [5.41, 5.74) is -0.106. The number of hydrogen-bond donors (Lipinski definition) is 2. The molecule has 0 bridgehead atoms. The van der Waals surface area contributed by atoms with Crippen molar-refractivity contribution >= 4 is 33.6 Å². The number of benzene rings is 1. The van der Waals surface area contributed by atoms with Crippen LogP contribution in [-0.4, -0.2) is 33.6 Å². The van der Waals surface area contributed by atoms with Gasteiger partial charge in [0.15, 0.2) is 10.9 Å². The van der Waals surface area contributed by atoms with Crippen LogP contribution in [0.5, 0.6) is 0 Å². The number of rotatable bonds is 1. The Kier molecular flexibility index (Phi) is 3.04. The largest absolute Gasteiger partial charge is 0.300 e. The minimum absolute atomic E-state index is 0.199. The van der Waals surface area contributed by atoms with Gasteiger partial charge in [-0.05, 0) is 6.07 Å². The normalized spacial score (nSPS) is 14.4. The summed E-state index contributed by atoms with van der Waals surface area (Å²) in [6.07, 6.45) is 0. The number of amides is 1. The number of carbonyl (C=O) groups is 1. The van der Waals surface area contributed by atoms with E-state index in [2.05, 4.69) is 20.5 Å². The lowest BCUT2D eigenvalue weighted by molar-refractivity contribution is 0.0974. The molecular formula is C12H10N4O2S. The SMILES string of the molecule is O=C(NC1=NCCS1)c1n[nH]c(=O)c2ccccc12. The van der Waals surface area contributed by atoms with Gasteiger partial charge in [0.25, 0.3) is 11.5 Å². The standard InChI is InChI=1S/C12H10N4O2S/c17-10-8-4-2-1-3-7(8)9(15-16-10)11(18)14-12-13-5-6-19-12/h1-4H,5-6H2,(H,16,17)(H,13,14,18). The number of hydrogen-bond acceptors (Lipinski definition) is 5. The smallest absolute Gasteiger partial charge is 0.278 e. The molecule has 0 saturated carbocycles. The highest BCUT2D eigenvalue weighted by Gasteiger charge is 2.17. The fraction of sp³-hybridized carbons (Fsp3) is 0.167. The molecule has 2 aromatic rings. The minimum Gasteiger partial charge on any atom is -0.300 e. The zero-order valence-electron chi connectivity index (χ0n) is 9.84. The summed E-state index contributed by atoms with van der Waals surface area (Å²) < 4.78 is 0. The Morgan fingerprint density at radius 1 is 1.32 bits per heavy atom. The summed E-state index contributed by atoms with van der Waals surface area (Å²) in [7, 11) is 0. The van der Waals surface area contributed by atoms with Crippen LogP contribution in [0.25, 0.3) is 10.8 Å². The molecule has 2 N–H and O–H groups in total. The molecule has 7 heteroatoms. The lowest BCUT2D eigenvalue weighted by Gasteiger charge is -2.05. The molecule has 1 aromatic heterocycles. The van der Waals surface area contributed by atoms with Gasteiger partial charge in [-0.3, -0.25) is 19.9 Å². The van der Waals surface area contributed by atoms with Gasteiger partial charge in [0.1, 0.15) is 0 Å². The number of aromatic nitrogens is 2. The van der Waals surface area contributed by atoms with Gasteiger partial charge in [-0.1, -0.05) is 30.0 Å².